The predicted octanol–water partition coefficient (Wildman–Crippen LogP) is 1.62. The molecule has 0 saturated carbocycles. The average Bonchev–Trinajstić information content (AvgIpc) is 2.84. The Morgan fingerprint density at radius 1 is 1.35 bits per heavy atom. The zero-order valence-electron chi connectivity index (χ0n) is 15.3. The average molecular weight is 343 g/mol. The Morgan fingerprint density at radius 2 is 2.00 bits per heavy atom. The van der Waals surface area contributed by atoms with Crippen LogP contribution in [0.2, 0.25) is 0 Å². The number of nitriles is 1. The molecule has 0 spiro atoms. The number of likely N-dealkylation sites (N-methyl/N-ethyl adjacent to an activating group) is 1. The zero-order chi connectivity index (χ0) is 17.4. The third-order valence-corrected chi connectivity index (χ3v) is 5.90. The van der Waals surface area contributed by atoms with E-state index < -0.39 is 8.53 Å². The fraction of sp³-hybridized carbons (Fsp3) is 0.933. The molecule has 4 atom stereocenters. The molecule has 0 aromatic heterocycles. The van der Waals surface area contributed by atoms with Gasteiger partial charge in [-0.3, -0.25) is 0 Å². The van der Waals surface area contributed by atoms with Gasteiger partial charge in [0.05, 0.1) is 31.8 Å². The lowest BCUT2D eigenvalue weighted by molar-refractivity contribution is 0.0351. The molecule has 1 saturated heterocycles. The minimum atomic E-state index is -1.19. The van der Waals surface area contributed by atoms with Gasteiger partial charge in [0.2, 0.25) is 0 Å². The maximum Gasteiger partial charge on any atom is 0.259 e. The van der Waals surface area contributed by atoms with E-state index in [0.29, 0.717) is 37.8 Å². The first-order valence-corrected chi connectivity index (χ1v) is 9.57. The van der Waals surface area contributed by atoms with E-state index in [1.54, 1.807) is 0 Å². The van der Waals surface area contributed by atoms with Gasteiger partial charge in [-0.15, -0.1) is 0 Å². The van der Waals surface area contributed by atoms with Gasteiger partial charge in [-0.05, 0) is 41.2 Å². The lowest BCUT2D eigenvalue weighted by Crippen LogP contribution is -2.38. The molecule has 0 bridgehead atoms. The maximum absolute atomic E-state index is 8.73. The highest BCUT2D eigenvalue weighted by Gasteiger charge is 2.34. The van der Waals surface area contributed by atoms with E-state index in [9.17, 15) is 0 Å². The Morgan fingerprint density at radius 3 is 2.52 bits per heavy atom. The summed E-state index contributed by atoms with van der Waals surface area (Å²) in [6.07, 6.45) is 1.42. The van der Waals surface area contributed by atoms with Crippen LogP contribution in [0.25, 0.3) is 0 Å². The largest absolute Gasteiger partial charge is 0.380 e. The molecule has 132 valence electrons. The highest BCUT2D eigenvalue weighted by Crippen LogP contribution is 2.46. The molecule has 6 nitrogen and oxygen atoms in total. The Kier molecular flexibility index (Phi) is 9.61. The van der Waals surface area contributed by atoms with Gasteiger partial charge in [0, 0.05) is 24.1 Å². The van der Waals surface area contributed by atoms with Crippen molar-refractivity contribution in [3.63, 3.8) is 0 Å². The van der Waals surface area contributed by atoms with Crippen LogP contribution in [0.5, 0.6) is 0 Å². The van der Waals surface area contributed by atoms with Crippen molar-refractivity contribution < 1.29 is 13.8 Å². The second kappa shape index (κ2) is 10.6. The quantitative estimate of drug-likeness (QED) is 0.369. The molecule has 1 unspecified atom stereocenters. The molecule has 1 rings (SSSR count). The van der Waals surface area contributed by atoms with Crippen molar-refractivity contribution in [2.75, 3.05) is 20.3 Å². The van der Waals surface area contributed by atoms with Gasteiger partial charge in [-0.1, -0.05) is 0 Å². The van der Waals surface area contributed by atoms with Crippen LogP contribution in [-0.4, -0.2) is 63.0 Å². The fourth-order valence-corrected chi connectivity index (χ4v) is 4.49. The van der Waals surface area contributed by atoms with E-state index in [0.717, 1.165) is 6.42 Å². The van der Waals surface area contributed by atoms with Gasteiger partial charge in [0.15, 0.2) is 0 Å². The molecule has 1 fully saturated rings. The van der Waals surface area contributed by atoms with E-state index in [4.69, 9.17) is 19.0 Å². The first kappa shape index (κ1) is 20.8. The summed E-state index contributed by atoms with van der Waals surface area (Å²) in [6, 6.07) is 3.30. The van der Waals surface area contributed by atoms with Gasteiger partial charge >= 0.3 is 0 Å². The van der Waals surface area contributed by atoms with Crippen molar-refractivity contribution >= 4 is 16.4 Å². The van der Waals surface area contributed by atoms with Crippen molar-refractivity contribution in [3.8, 4) is 6.07 Å². The first-order valence-electron chi connectivity index (χ1n) is 8.44. The number of rotatable bonds is 10. The van der Waals surface area contributed by atoms with E-state index in [-0.39, 0.29) is 12.1 Å². The van der Waals surface area contributed by atoms with E-state index in [2.05, 4.69) is 51.6 Å². The first-order chi connectivity index (χ1) is 10.9. The number of nitrogens with one attached hydrogen (secondary N) is 1. The molecule has 23 heavy (non-hydrogen) atoms. The Bertz CT molecular complexity index is 373. The topological polar surface area (TPSA) is 66.8 Å². The van der Waals surface area contributed by atoms with Crippen LogP contribution >= 0.6 is 8.53 Å². The molecule has 0 amide bonds. The smallest absolute Gasteiger partial charge is 0.259 e. The summed E-state index contributed by atoms with van der Waals surface area (Å²) in [5.41, 5.74) is 0. The maximum atomic E-state index is 8.73. The van der Waals surface area contributed by atoms with Gasteiger partial charge < -0.3 is 19.1 Å². The van der Waals surface area contributed by atoms with Crippen molar-refractivity contribution in [2.45, 2.75) is 70.8 Å². The van der Waals surface area contributed by atoms with Gasteiger partial charge in [0.1, 0.15) is 7.85 Å². The highest BCUT2D eigenvalue weighted by atomic mass is 31.2. The lowest BCUT2D eigenvalue weighted by atomic mass is 9.95. The summed E-state index contributed by atoms with van der Waals surface area (Å²) in [6.45, 7) is 9.45. The van der Waals surface area contributed by atoms with Crippen molar-refractivity contribution in [1.29, 1.82) is 5.26 Å². The summed E-state index contributed by atoms with van der Waals surface area (Å²) >= 11 is 0. The standard InChI is InChI=1S/C15H31BN3O3P/c1-11(2)19(12(3)4)23(20-8-6-7-17)21-10-14-13(18-5)9-15(16)22-14/h11-15,18H,6,8-10,16H2,1-5H3/t13-,14+,15+,23?/m0/s1. The molecule has 1 aliphatic rings. The third-order valence-electron chi connectivity index (χ3n) is 3.82. The SMILES string of the molecule is B[C@H]1C[C@H](NC)[C@@H](COP(OCCC#N)N(C(C)C)C(C)C)O1. The molecule has 1 aliphatic heterocycles. The second-order valence-electron chi connectivity index (χ2n) is 6.46. The normalized spacial score (nSPS) is 26.1. The summed E-state index contributed by atoms with van der Waals surface area (Å²) in [4.78, 5) is 0. The molecular formula is C15H31BN3O3P. The molecule has 1 N–H and O–H groups in total. The Hall–Kier alpha value is -0.215. The van der Waals surface area contributed by atoms with Gasteiger partial charge in [0.25, 0.3) is 8.53 Å². The minimum Gasteiger partial charge on any atom is -0.380 e. The summed E-state index contributed by atoms with van der Waals surface area (Å²) in [7, 11) is 2.85. The Labute approximate surface area is 143 Å². The van der Waals surface area contributed by atoms with Crippen LogP contribution in [0.1, 0.15) is 40.5 Å². The van der Waals surface area contributed by atoms with E-state index in [1.807, 2.05) is 7.05 Å². The number of hydrogen-bond acceptors (Lipinski definition) is 6. The predicted molar refractivity (Wildman–Crippen MR) is 95.8 cm³/mol. The van der Waals surface area contributed by atoms with Crippen LogP contribution in [0.4, 0.5) is 0 Å². The summed E-state index contributed by atoms with van der Waals surface area (Å²) in [5.74, 6) is 0. The summed E-state index contributed by atoms with van der Waals surface area (Å²) < 4.78 is 20.2. The molecule has 0 radical (unpaired) electrons. The highest BCUT2D eigenvalue weighted by molar-refractivity contribution is 7.44. The van der Waals surface area contributed by atoms with Crippen LogP contribution in [-0.2, 0) is 13.8 Å². The van der Waals surface area contributed by atoms with Crippen molar-refractivity contribution in [3.05, 3.63) is 0 Å². The van der Waals surface area contributed by atoms with E-state index >= 15 is 0 Å². The molecule has 0 aromatic carbocycles. The van der Waals surface area contributed by atoms with Crippen molar-refractivity contribution in [1.82, 2.24) is 9.99 Å². The van der Waals surface area contributed by atoms with E-state index in [1.165, 1.54) is 0 Å². The minimum absolute atomic E-state index is 0.0424. The zero-order valence-corrected chi connectivity index (χ0v) is 16.2. The molecule has 1 heterocycles. The lowest BCUT2D eigenvalue weighted by Gasteiger charge is -2.36. The van der Waals surface area contributed by atoms with Gasteiger partial charge in [-0.2, -0.15) is 5.26 Å². The molecule has 0 aliphatic carbocycles. The second-order valence-corrected chi connectivity index (χ2v) is 7.91. The third kappa shape index (κ3) is 6.66. The van der Waals surface area contributed by atoms with Crippen LogP contribution in [0.15, 0.2) is 0 Å². The van der Waals surface area contributed by atoms with Crippen LogP contribution in [0.3, 0.4) is 0 Å². The van der Waals surface area contributed by atoms with Crippen LogP contribution in [0, 0.1) is 11.3 Å². The molecule has 8 heteroatoms. The van der Waals surface area contributed by atoms with Crippen LogP contribution < -0.4 is 5.32 Å². The van der Waals surface area contributed by atoms with Crippen molar-refractivity contribution in [2.24, 2.45) is 0 Å². The number of ether oxygens (including phenoxy) is 1. The summed E-state index contributed by atoms with van der Waals surface area (Å²) in [5, 5.41) is 12.0. The number of hydrogen-bond donors (Lipinski definition) is 1. The molecular weight excluding hydrogens is 312 g/mol. The monoisotopic (exact) mass is 343 g/mol. The Balaban J connectivity index is 2.66. The molecule has 0 aromatic rings. The fourth-order valence-electron chi connectivity index (χ4n) is 2.87. The number of nitrogens with zero attached hydrogens (tertiary/aromatic N) is 2. The van der Waals surface area contributed by atoms with Gasteiger partial charge in [-0.25, -0.2) is 4.67 Å².